The lowest BCUT2D eigenvalue weighted by molar-refractivity contribution is -0.144. The van der Waals surface area contributed by atoms with E-state index in [9.17, 15) is 19.8 Å². The molecule has 358 valence electrons. The maximum atomic E-state index is 12.3. The smallest absolute Gasteiger partial charge is 0.305 e. The Morgan fingerprint density at radius 2 is 0.918 bits per heavy atom. The van der Waals surface area contributed by atoms with E-state index in [1.165, 1.54) is 141 Å². The van der Waals surface area contributed by atoms with Gasteiger partial charge in [-0.05, 0) is 121 Å². The van der Waals surface area contributed by atoms with Gasteiger partial charge in [-0.1, -0.05) is 160 Å². The number of unbranched alkanes of at least 4 members (excludes halogenated alkanes) is 25. The molecule has 0 aromatic heterocycles. The van der Waals surface area contributed by atoms with Crippen LogP contribution in [0.15, 0.2) is 24.3 Å². The molecule has 4 atom stereocenters. The van der Waals surface area contributed by atoms with E-state index < -0.39 is 6.10 Å². The van der Waals surface area contributed by atoms with Crippen molar-refractivity contribution in [3.63, 3.8) is 0 Å². The summed E-state index contributed by atoms with van der Waals surface area (Å²) in [6, 6.07) is 0.0995. The van der Waals surface area contributed by atoms with Gasteiger partial charge in [-0.15, -0.1) is 0 Å². The van der Waals surface area contributed by atoms with Crippen molar-refractivity contribution < 1.29 is 29.3 Å². The molecule has 2 unspecified atom stereocenters. The molecular formula is C54H101NO6. The zero-order valence-electron chi connectivity index (χ0n) is 40.3. The number of aliphatic hydroxyl groups is 2. The lowest BCUT2D eigenvalue weighted by Gasteiger charge is -2.31. The van der Waals surface area contributed by atoms with Crippen LogP contribution in [0.25, 0.3) is 0 Å². The van der Waals surface area contributed by atoms with Gasteiger partial charge in [-0.2, -0.15) is 0 Å². The van der Waals surface area contributed by atoms with Gasteiger partial charge < -0.3 is 25.0 Å². The summed E-state index contributed by atoms with van der Waals surface area (Å²) < 4.78 is 11.1. The molecule has 0 aromatic carbocycles. The fourth-order valence-electron chi connectivity index (χ4n) is 8.66. The monoisotopic (exact) mass is 860 g/mol. The van der Waals surface area contributed by atoms with Crippen LogP contribution in [-0.4, -0.2) is 60.2 Å². The zero-order chi connectivity index (χ0) is 44.1. The zero-order valence-corrected chi connectivity index (χ0v) is 40.3. The van der Waals surface area contributed by atoms with E-state index in [4.69, 9.17) is 9.47 Å². The van der Waals surface area contributed by atoms with Gasteiger partial charge in [0.05, 0.1) is 25.4 Å². The number of carbonyl (C=O) groups excluding carboxylic acids is 2. The summed E-state index contributed by atoms with van der Waals surface area (Å²) in [6.07, 6.45) is 52.0. The normalized spacial score (nSPS) is 16.7. The molecule has 61 heavy (non-hydrogen) atoms. The molecule has 0 aliphatic heterocycles. The van der Waals surface area contributed by atoms with Gasteiger partial charge in [-0.3, -0.25) is 9.59 Å². The van der Waals surface area contributed by atoms with Crippen LogP contribution in [-0.2, 0) is 19.1 Å². The van der Waals surface area contributed by atoms with Crippen molar-refractivity contribution in [1.29, 1.82) is 0 Å². The standard InChI is InChI=1S/C54H101NO6/c1-3-5-7-9-11-13-15-17-19-21-23-25-27-29-33-44-53(58)60-46-38-31-32-42-51(56)49(48-55-50-41-35-36-43-52(50)57)40-37-39-47-61-54(59)45-34-30-28-26-24-22-20-18-16-14-12-10-8-6-4-2/h17-20,49-52,55-57H,3-16,21-48H2,1-2H3/b19-17-,20-18-/t49?,50-,51?,52+/m0/s1. The molecule has 1 rings (SSSR count). The maximum absolute atomic E-state index is 12.3. The number of aliphatic hydroxyl groups excluding tert-OH is 2. The van der Waals surface area contributed by atoms with Gasteiger partial charge in [-0.25, -0.2) is 0 Å². The Labute approximate surface area is 377 Å². The molecule has 7 heteroatoms. The average Bonchev–Trinajstić information content (AvgIpc) is 3.26. The third-order valence-electron chi connectivity index (χ3n) is 12.8. The van der Waals surface area contributed by atoms with Crippen LogP contribution in [0.3, 0.4) is 0 Å². The van der Waals surface area contributed by atoms with Gasteiger partial charge in [0.2, 0.25) is 0 Å². The Morgan fingerprint density at radius 3 is 1.39 bits per heavy atom. The molecule has 7 nitrogen and oxygen atoms in total. The van der Waals surface area contributed by atoms with Crippen LogP contribution in [0.4, 0.5) is 0 Å². The largest absolute Gasteiger partial charge is 0.466 e. The summed E-state index contributed by atoms with van der Waals surface area (Å²) in [7, 11) is 0. The van der Waals surface area contributed by atoms with E-state index in [2.05, 4.69) is 43.5 Å². The Hall–Kier alpha value is -1.70. The van der Waals surface area contributed by atoms with Crippen molar-refractivity contribution in [1.82, 2.24) is 5.32 Å². The first kappa shape index (κ1) is 57.3. The van der Waals surface area contributed by atoms with E-state index >= 15 is 0 Å². The van der Waals surface area contributed by atoms with E-state index in [0.717, 1.165) is 89.9 Å². The highest BCUT2D eigenvalue weighted by molar-refractivity contribution is 5.69. The fourth-order valence-corrected chi connectivity index (χ4v) is 8.66. The van der Waals surface area contributed by atoms with Crippen molar-refractivity contribution in [2.24, 2.45) is 5.92 Å². The molecule has 0 amide bonds. The molecule has 1 aliphatic rings. The van der Waals surface area contributed by atoms with E-state index in [-0.39, 0.29) is 30.0 Å². The van der Waals surface area contributed by atoms with Crippen molar-refractivity contribution in [3.05, 3.63) is 24.3 Å². The van der Waals surface area contributed by atoms with E-state index in [0.29, 0.717) is 39.0 Å². The average molecular weight is 860 g/mol. The molecule has 0 spiro atoms. The molecule has 0 aromatic rings. The van der Waals surface area contributed by atoms with Crippen molar-refractivity contribution >= 4 is 11.9 Å². The first-order valence-electron chi connectivity index (χ1n) is 26.7. The molecule has 0 bridgehead atoms. The van der Waals surface area contributed by atoms with Gasteiger partial charge in [0.15, 0.2) is 0 Å². The third-order valence-corrected chi connectivity index (χ3v) is 12.8. The first-order valence-corrected chi connectivity index (χ1v) is 26.7. The van der Waals surface area contributed by atoms with Crippen molar-refractivity contribution in [3.8, 4) is 0 Å². The summed E-state index contributed by atoms with van der Waals surface area (Å²) in [4.78, 5) is 24.6. The summed E-state index contributed by atoms with van der Waals surface area (Å²) in [5.41, 5.74) is 0. The number of esters is 2. The van der Waals surface area contributed by atoms with Crippen LogP contribution in [0.1, 0.15) is 264 Å². The number of hydrogen-bond acceptors (Lipinski definition) is 7. The van der Waals surface area contributed by atoms with Gasteiger partial charge in [0.1, 0.15) is 0 Å². The number of hydrogen-bond donors (Lipinski definition) is 3. The molecular weight excluding hydrogens is 759 g/mol. The highest BCUT2D eigenvalue weighted by atomic mass is 16.5. The lowest BCUT2D eigenvalue weighted by Crippen LogP contribution is -2.45. The predicted molar refractivity (Wildman–Crippen MR) is 259 cm³/mol. The molecule has 1 saturated carbocycles. The van der Waals surface area contributed by atoms with Crippen LogP contribution in [0.2, 0.25) is 0 Å². The lowest BCUT2D eigenvalue weighted by atomic mass is 9.89. The Balaban J connectivity index is 2.13. The summed E-state index contributed by atoms with van der Waals surface area (Å²) in [6.45, 7) is 6.12. The summed E-state index contributed by atoms with van der Waals surface area (Å²) in [5, 5.41) is 25.3. The molecule has 1 fully saturated rings. The Morgan fingerprint density at radius 1 is 0.525 bits per heavy atom. The number of nitrogens with one attached hydrogen (secondary N) is 1. The van der Waals surface area contributed by atoms with Gasteiger partial charge in [0, 0.05) is 25.4 Å². The van der Waals surface area contributed by atoms with Crippen LogP contribution in [0, 0.1) is 5.92 Å². The Kier molecular flexibility index (Phi) is 42.2. The first-order chi connectivity index (χ1) is 30.0. The maximum Gasteiger partial charge on any atom is 0.305 e. The van der Waals surface area contributed by atoms with Gasteiger partial charge in [0.25, 0.3) is 0 Å². The topological polar surface area (TPSA) is 105 Å². The molecule has 0 radical (unpaired) electrons. The van der Waals surface area contributed by atoms with Gasteiger partial charge >= 0.3 is 11.9 Å². The number of ether oxygens (including phenoxy) is 2. The fraction of sp³-hybridized carbons (Fsp3) is 0.889. The van der Waals surface area contributed by atoms with Crippen molar-refractivity contribution in [2.45, 2.75) is 283 Å². The second-order valence-electron chi connectivity index (χ2n) is 18.6. The quantitative estimate of drug-likeness (QED) is 0.0318. The Bertz CT molecular complexity index is 1020. The molecule has 0 heterocycles. The van der Waals surface area contributed by atoms with Crippen LogP contribution in [0.5, 0.6) is 0 Å². The SMILES string of the molecule is CCCCCCCC/C=C\CCCCCCCC(=O)OCCCCCC(O)C(CCCCOC(=O)CCCCCCC/C=C\CCCCCCCC)CN[C@H]1CCCC[C@H]1O. The molecule has 3 N–H and O–H groups in total. The van der Waals surface area contributed by atoms with Crippen LogP contribution >= 0.6 is 0 Å². The molecule has 0 saturated heterocycles. The number of carbonyl (C=O) groups is 2. The second-order valence-corrected chi connectivity index (χ2v) is 18.6. The van der Waals surface area contributed by atoms with Crippen molar-refractivity contribution in [2.75, 3.05) is 19.8 Å². The van der Waals surface area contributed by atoms with Crippen LogP contribution < -0.4 is 5.32 Å². The summed E-state index contributed by atoms with van der Waals surface area (Å²) in [5.74, 6) is -0.0804. The molecule has 1 aliphatic carbocycles. The van der Waals surface area contributed by atoms with E-state index in [1.54, 1.807) is 0 Å². The number of rotatable bonds is 45. The highest BCUT2D eigenvalue weighted by Crippen LogP contribution is 2.22. The van der Waals surface area contributed by atoms with E-state index in [1.807, 2.05) is 0 Å². The third kappa shape index (κ3) is 38.5. The number of allylic oxidation sites excluding steroid dienone is 4. The summed E-state index contributed by atoms with van der Waals surface area (Å²) >= 11 is 0. The second kappa shape index (κ2) is 44.9. The minimum atomic E-state index is -0.430. The predicted octanol–water partition coefficient (Wildman–Crippen LogP) is 14.7. The minimum absolute atomic E-state index is 0.0811. The minimum Gasteiger partial charge on any atom is -0.466 e. The highest BCUT2D eigenvalue weighted by Gasteiger charge is 2.25.